The lowest BCUT2D eigenvalue weighted by molar-refractivity contribution is -0.277. The van der Waals surface area contributed by atoms with Gasteiger partial charge in [0.2, 0.25) is 15.6 Å². The van der Waals surface area contributed by atoms with Crippen LogP contribution in [0.25, 0.3) is 0 Å². The van der Waals surface area contributed by atoms with Crippen LogP contribution < -0.4 is 4.90 Å². The Kier molecular flexibility index (Phi) is 6.64. The number of aliphatic hydroxyl groups excluding tert-OH is 1. The quantitative estimate of drug-likeness (QED) is 0.636. The molecule has 1 aromatic carbocycles. The SMILES string of the molecule is C[C@H]1CN(S(=O)(=O)C2=CC=CCC2=S)CCN1c1ccc([C@@](O)(CO)C(F)(F)F)cc1. The maximum absolute atomic E-state index is 13.1. The maximum atomic E-state index is 13.1. The summed E-state index contributed by atoms with van der Waals surface area (Å²) in [7, 11) is -3.73. The summed E-state index contributed by atoms with van der Waals surface area (Å²) in [4.78, 5) is 2.38. The van der Waals surface area contributed by atoms with Crippen LogP contribution in [-0.2, 0) is 15.6 Å². The number of halogens is 3. The molecule has 1 saturated heterocycles. The second kappa shape index (κ2) is 8.62. The molecule has 1 heterocycles. The van der Waals surface area contributed by atoms with Gasteiger partial charge in [0.05, 0.1) is 11.5 Å². The highest BCUT2D eigenvalue weighted by Gasteiger charge is 2.54. The van der Waals surface area contributed by atoms with Gasteiger partial charge in [0, 0.05) is 42.6 Å². The number of benzene rings is 1. The van der Waals surface area contributed by atoms with E-state index in [1.807, 2.05) is 11.8 Å². The van der Waals surface area contributed by atoms with Crippen molar-refractivity contribution in [3.63, 3.8) is 0 Å². The number of alkyl halides is 3. The zero-order chi connectivity index (χ0) is 23.0. The van der Waals surface area contributed by atoms with Crippen molar-refractivity contribution in [1.29, 1.82) is 0 Å². The van der Waals surface area contributed by atoms with Gasteiger partial charge in [-0.05, 0) is 30.7 Å². The third-order valence-electron chi connectivity index (χ3n) is 5.54. The number of sulfonamides is 1. The van der Waals surface area contributed by atoms with E-state index in [9.17, 15) is 26.7 Å². The highest BCUT2D eigenvalue weighted by atomic mass is 32.2. The van der Waals surface area contributed by atoms with Gasteiger partial charge in [0.1, 0.15) is 0 Å². The van der Waals surface area contributed by atoms with Crippen molar-refractivity contribution >= 4 is 32.8 Å². The molecule has 31 heavy (non-hydrogen) atoms. The summed E-state index contributed by atoms with van der Waals surface area (Å²) < 4.78 is 66.8. The average Bonchev–Trinajstić information content (AvgIpc) is 2.72. The Hall–Kier alpha value is -1.79. The lowest BCUT2D eigenvalue weighted by Crippen LogP contribution is -2.54. The Bertz CT molecular complexity index is 1010. The number of allylic oxidation sites excluding steroid dienone is 4. The van der Waals surface area contributed by atoms with E-state index < -0.39 is 34.0 Å². The van der Waals surface area contributed by atoms with Crippen LogP contribution in [0, 0.1) is 0 Å². The molecule has 1 aromatic rings. The molecule has 170 valence electrons. The number of rotatable bonds is 5. The van der Waals surface area contributed by atoms with E-state index in [0.717, 1.165) is 12.1 Å². The van der Waals surface area contributed by atoms with Gasteiger partial charge in [0.25, 0.3) is 0 Å². The van der Waals surface area contributed by atoms with Gasteiger partial charge in [-0.25, -0.2) is 8.42 Å². The maximum Gasteiger partial charge on any atom is 0.423 e. The fraction of sp³-hybridized carbons (Fsp3) is 0.450. The molecule has 0 radical (unpaired) electrons. The lowest BCUT2D eigenvalue weighted by atomic mass is 9.93. The Balaban J connectivity index is 1.77. The fourth-order valence-corrected chi connectivity index (χ4v) is 5.81. The minimum Gasteiger partial charge on any atom is -0.393 e. The van der Waals surface area contributed by atoms with Crippen molar-refractivity contribution in [3.8, 4) is 0 Å². The van der Waals surface area contributed by atoms with Gasteiger partial charge in [-0.1, -0.05) is 36.5 Å². The van der Waals surface area contributed by atoms with Gasteiger partial charge >= 0.3 is 6.18 Å². The van der Waals surface area contributed by atoms with E-state index in [-0.39, 0.29) is 24.0 Å². The third-order valence-corrected chi connectivity index (χ3v) is 8.01. The van der Waals surface area contributed by atoms with Crippen molar-refractivity contribution in [3.05, 3.63) is 53.0 Å². The zero-order valence-electron chi connectivity index (χ0n) is 16.7. The summed E-state index contributed by atoms with van der Waals surface area (Å²) in [6.45, 7) is 1.05. The van der Waals surface area contributed by atoms with E-state index in [2.05, 4.69) is 0 Å². The third kappa shape index (κ3) is 4.42. The molecule has 2 atom stereocenters. The summed E-state index contributed by atoms with van der Waals surface area (Å²) in [5.74, 6) is 0. The number of hydrogen-bond donors (Lipinski definition) is 2. The summed E-state index contributed by atoms with van der Waals surface area (Å²) in [6.07, 6.45) is 0.334. The largest absolute Gasteiger partial charge is 0.423 e. The first-order chi connectivity index (χ1) is 14.4. The molecule has 1 aliphatic carbocycles. The Morgan fingerprint density at radius 1 is 1.19 bits per heavy atom. The van der Waals surface area contributed by atoms with Crippen LogP contribution >= 0.6 is 12.2 Å². The van der Waals surface area contributed by atoms with Crippen LogP contribution in [-0.4, -0.2) is 66.3 Å². The Labute approximate surface area is 184 Å². The number of anilines is 1. The van der Waals surface area contributed by atoms with Gasteiger partial charge in [-0.15, -0.1) is 0 Å². The molecule has 0 aromatic heterocycles. The molecule has 1 fully saturated rings. The number of piperazine rings is 1. The molecule has 6 nitrogen and oxygen atoms in total. The van der Waals surface area contributed by atoms with Crippen LogP contribution in [0.3, 0.4) is 0 Å². The van der Waals surface area contributed by atoms with Gasteiger partial charge in [-0.3, -0.25) is 0 Å². The topological polar surface area (TPSA) is 81.1 Å². The van der Waals surface area contributed by atoms with Gasteiger partial charge in [-0.2, -0.15) is 17.5 Å². The first kappa shape index (κ1) is 23.9. The molecule has 3 rings (SSSR count). The standard InChI is InChI=1S/C20H23F3N2O4S2/c1-14-12-24(31(28,29)18-5-3-2-4-17(18)30)10-11-25(14)16-8-6-15(7-9-16)19(27,13-26)20(21,22)23/h2-3,5-9,14,26-27H,4,10-13H2,1H3/t14-,19-/m0/s1. The summed E-state index contributed by atoms with van der Waals surface area (Å²) in [6, 6.07) is 4.83. The molecule has 11 heteroatoms. The van der Waals surface area contributed by atoms with E-state index in [1.165, 1.54) is 22.5 Å². The highest BCUT2D eigenvalue weighted by Crippen LogP contribution is 2.39. The molecular weight excluding hydrogens is 453 g/mol. The first-order valence-corrected chi connectivity index (χ1v) is 11.4. The molecular formula is C20H23F3N2O4S2. The van der Waals surface area contributed by atoms with Crippen LogP contribution in [0.1, 0.15) is 18.9 Å². The number of aliphatic hydroxyl groups is 2. The van der Waals surface area contributed by atoms with Gasteiger partial charge in [0.15, 0.2) is 0 Å². The van der Waals surface area contributed by atoms with E-state index in [1.54, 1.807) is 12.2 Å². The minimum absolute atomic E-state index is 0.130. The Morgan fingerprint density at radius 2 is 1.84 bits per heavy atom. The average molecular weight is 477 g/mol. The van der Waals surface area contributed by atoms with Crippen LogP contribution in [0.2, 0.25) is 0 Å². The van der Waals surface area contributed by atoms with Crippen molar-refractivity contribution in [1.82, 2.24) is 4.31 Å². The second-order valence-corrected chi connectivity index (χ2v) is 9.95. The van der Waals surface area contributed by atoms with Crippen LogP contribution in [0.5, 0.6) is 0 Å². The first-order valence-electron chi connectivity index (χ1n) is 9.59. The number of thiocarbonyl (C=S) groups is 1. The highest BCUT2D eigenvalue weighted by molar-refractivity contribution is 7.96. The molecule has 0 spiro atoms. The molecule has 2 aliphatic rings. The van der Waals surface area contributed by atoms with E-state index >= 15 is 0 Å². The van der Waals surface area contributed by atoms with Crippen LogP contribution in [0.15, 0.2) is 47.4 Å². The predicted octanol–water partition coefficient (Wildman–Crippen LogP) is 2.48. The minimum atomic E-state index is -5.03. The summed E-state index contributed by atoms with van der Waals surface area (Å²) in [5.41, 5.74) is -3.22. The fourth-order valence-electron chi connectivity index (χ4n) is 3.69. The van der Waals surface area contributed by atoms with E-state index in [0.29, 0.717) is 23.5 Å². The van der Waals surface area contributed by atoms with E-state index in [4.69, 9.17) is 17.3 Å². The smallest absolute Gasteiger partial charge is 0.393 e. The molecule has 0 unspecified atom stereocenters. The lowest BCUT2D eigenvalue weighted by Gasteiger charge is -2.41. The monoisotopic (exact) mass is 476 g/mol. The molecule has 2 N–H and O–H groups in total. The molecule has 0 amide bonds. The second-order valence-electron chi connectivity index (χ2n) is 7.55. The van der Waals surface area contributed by atoms with Crippen molar-refractivity contribution < 1.29 is 31.8 Å². The van der Waals surface area contributed by atoms with Crippen molar-refractivity contribution in [2.45, 2.75) is 31.2 Å². The normalized spacial score (nSPS) is 22.9. The zero-order valence-corrected chi connectivity index (χ0v) is 18.3. The molecule has 1 aliphatic heterocycles. The summed E-state index contributed by atoms with van der Waals surface area (Å²) >= 11 is 5.20. The summed E-state index contributed by atoms with van der Waals surface area (Å²) in [5, 5.41) is 19.0. The molecule has 0 bridgehead atoms. The number of nitrogens with zero attached hydrogens (tertiary/aromatic N) is 2. The van der Waals surface area contributed by atoms with Crippen molar-refractivity contribution in [2.75, 3.05) is 31.1 Å². The van der Waals surface area contributed by atoms with Crippen LogP contribution in [0.4, 0.5) is 18.9 Å². The predicted molar refractivity (Wildman–Crippen MR) is 115 cm³/mol. The van der Waals surface area contributed by atoms with Crippen molar-refractivity contribution in [2.24, 2.45) is 0 Å². The number of hydrogen-bond acceptors (Lipinski definition) is 6. The Morgan fingerprint density at radius 3 is 2.35 bits per heavy atom. The molecule has 0 saturated carbocycles. The van der Waals surface area contributed by atoms with Gasteiger partial charge < -0.3 is 15.1 Å².